The summed E-state index contributed by atoms with van der Waals surface area (Å²) in [6.45, 7) is 13.5. The summed E-state index contributed by atoms with van der Waals surface area (Å²) in [5, 5.41) is 0. The monoisotopic (exact) mass is 410 g/mol. The molecule has 0 aromatic heterocycles. The molecule has 0 bridgehead atoms. The molecule has 30 heavy (non-hydrogen) atoms. The summed E-state index contributed by atoms with van der Waals surface area (Å²) in [6, 6.07) is 8.38. The van der Waals surface area contributed by atoms with Crippen molar-refractivity contribution in [3.05, 3.63) is 46.5 Å². The maximum absolute atomic E-state index is 6.40. The first-order valence-electron chi connectivity index (χ1n) is 10.8. The van der Waals surface area contributed by atoms with E-state index in [2.05, 4.69) is 49.6 Å². The highest BCUT2D eigenvalue weighted by atomic mass is 16.5. The maximum atomic E-state index is 6.40. The Balaban J connectivity index is 1.55. The van der Waals surface area contributed by atoms with Crippen molar-refractivity contribution in [2.45, 2.75) is 39.7 Å². The molecule has 2 aromatic rings. The van der Waals surface area contributed by atoms with E-state index in [1.54, 1.807) is 14.2 Å². The van der Waals surface area contributed by atoms with Gasteiger partial charge in [-0.1, -0.05) is 0 Å². The van der Waals surface area contributed by atoms with Crippen LogP contribution in [0.1, 0.15) is 29.2 Å². The van der Waals surface area contributed by atoms with E-state index >= 15 is 0 Å². The van der Waals surface area contributed by atoms with Crippen LogP contribution in [0.4, 0.5) is 11.4 Å². The topological polar surface area (TPSA) is 34.2 Å². The van der Waals surface area contributed by atoms with Gasteiger partial charge in [0.1, 0.15) is 17.1 Å². The predicted molar refractivity (Wildman–Crippen MR) is 123 cm³/mol. The molecule has 2 aliphatic rings. The van der Waals surface area contributed by atoms with Gasteiger partial charge in [-0.2, -0.15) is 0 Å². The zero-order chi connectivity index (χ0) is 21.5. The third kappa shape index (κ3) is 3.60. The number of fused-ring (bicyclic) bond motifs is 1. The molecule has 5 nitrogen and oxygen atoms in total. The minimum atomic E-state index is -0.273. The van der Waals surface area contributed by atoms with E-state index in [1.165, 1.54) is 33.6 Å². The van der Waals surface area contributed by atoms with Crippen molar-refractivity contribution in [1.82, 2.24) is 0 Å². The van der Waals surface area contributed by atoms with Gasteiger partial charge >= 0.3 is 0 Å². The highest BCUT2D eigenvalue weighted by molar-refractivity contribution is 5.70. The molecule has 2 aliphatic heterocycles. The number of methoxy groups -OCH3 is 2. The summed E-state index contributed by atoms with van der Waals surface area (Å²) in [4.78, 5) is 5.02. The van der Waals surface area contributed by atoms with Crippen LogP contribution in [0, 0.1) is 20.8 Å². The number of hydrogen-bond donors (Lipinski definition) is 0. The van der Waals surface area contributed by atoms with Crippen LogP contribution in [-0.2, 0) is 11.2 Å². The van der Waals surface area contributed by atoms with E-state index < -0.39 is 0 Å². The quantitative estimate of drug-likeness (QED) is 0.735. The average molecular weight is 411 g/mol. The molecule has 162 valence electrons. The van der Waals surface area contributed by atoms with Crippen molar-refractivity contribution in [1.29, 1.82) is 0 Å². The molecule has 2 heterocycles. The number of ether oxygens (including phenoxy) is 3. The predicted octanol–water partition coefficient (Wildman–Crippen LogP) is 4.29. The second kappa shape index (κ2) is 8.03. The number of rotatable bonds is 5. The Morgan fingerprint density at radius 1 is 0.900 bits per heavy atom. The van der Waals surface area contributed by atoms with Crippen LogP contribution in [0.2, 0.25) is 0 Å². The first-order chi connectivity index (χ1) is 14.4. The summed E-state index contributed by atoms with van der Waals surface area (Å²) in [5.41, 5.74) is 7.71. The Labute approximate surface area is 180 Å². The molecule has 0 aliphatic carbocycles. The van der Waals surface area contributed by atoms with E-state index in [9.17, 15) is 0 Å². The number of nitrogens with zero attached hydrogens (tertiary/aromatic N) is 2. The smallest absolute Gasteiger partial charge is 0.134 e. The summed E-state index contributed by atoms with van der Waals surface area (Å²) in [7, 11) is 3.45. The Bertz CT molecular complexity index is 917. The number of anilines is 2. The first kappa shape index (κ1) is 20.9. The van der Waals surface area contributed by atoms with Gasteiger partial charge in [0.25, 0.3) is 0 Å². The van der Waals surface area contributed by atoms with Crippen molar-refractivity contribution in [3.63, 3.8) is 0 Å². The molecule has 0 N–H and O–H groups in total. The van der Waals surface area contributed by atoms with Gasteiger partial charge < -0.3 is 24.0 Å². The minimum absolute atomic E-state index is 0.273. The molecule has 1 atom stereocenters. The van der Waals surface area contributed by atoms with E-state index in [4.69, 9.17) is 14.2 Å². The van der Waals surface area contributed by atoms with Gasteiger partial charge in [-0.3, -0.25) is 0 Å². The largest absolute Gasteiger partial charge is 0.497 e. The summed E-state index contributed by atoms with van der Waals surface area (Å²) < 4.78 is 17.1. The Morgan fingerprint density at radius 2 is 1.53 bits per heavy atom. The van der Waals surface area contributed by atoms with Gasteiger partial charge in [-0.05, 0) is 68.7 Å². The molecule has 2 aromatic carbocycles. The third-order valence-corrected chi connectivity index (χ3v) is 6.72. The second-order valence-corrected chi connectivity index (χ2v) is 8.87. The molecule has 5 heteroatoms. The standard InChI is InChI=1S/C25H34N2O3/c1-17-18(2)24-22(15-25(4,30-24)16-28-5)19(3)23(17)27-13-11-26(12-14-27)20-7-9-21(29-6)10-8-20/h7-10H,11-16H2,1-6H3. The molecular weight excluding hydrogens is 376 g/mol. The fourth-order valence-electron chi connectivity index (χ4n) is 5.02. The second-order valence-electron chi connectivity index (χ2n) is 8.87. The van der Waals surface area contributed by atoms with Crippen molar-refractivity contribution in [2.24, 2.45) is 0 Å². The summed E-state index contributed by atoms with van der Waals surface area (Å²) in [5.74, 6) is 1.98. The summed E-state index contributed by atoms with van der Waals surface area (Å²) >= 11 is 0. The Hall–Kier alpha value is -2.40. The average Bonchev–Trinajstić information content (AvgIpc) is 3.11. The van der Waals surface area contributed by atoms with E-state index in [0.29, 0.717) is 6.61 Å². The van der Waals surface area contributed by atoms with E-state index in [-0.39, 0.29) is 5.60 Å². The van der Waals surface area contributed by atoms with Crippen LogP contribution >= 0.6 is 0 Å². The Kier molecular flexibility index (Phi) is 5.58. The molecule has 1 unspecified atom stereocenters. The van der Waals surface area contributed by atoms with Crippen molar-refractivity contribution in [2.75, 3.05) is 56.8 Å². The lowest BCUT2D eigenvalue weighted by atomic mass is 9.91. The van der Waals surface area contributed by atoms with E-state index in [1.807, 2.05) is 12.1 Å². The molecule has 1 saturated heterocycles. The van der Waals surface area contributed by atoms with Crippen molar-refractivity contribution < 1.29 is 14.2 Å². The highest BCUT2D eigenvalue weighted by Crippen LogP contribution is 2.45. The van der Waals surface area contributed by atoms with Gasteiger partial charge in [0.05, 0.1) is 13.7 Å². The van der Waals surface area contributed by atoms with Crippen LogP contribution < -0.4 is 19.3 Å². The SMILES string of the molecule is COCC1(C)Cc2c(C)c(N3CCN(c4ccc(OC)cc4)CC3)c(C)c(C)c2O1. The van der Waals surface area contributed by atoms with Crippen LogP contribution in [0.3, 0.4) is 0 Å². The third-order valence-electron chi connectivity index (χ3n) is 6.72. The van der Waals surface area contributed by atoms with Crippen molar-refractivity contribution in [3.8, 4) is 11.5 Å². The lowest BCUT2D eigenvalue weighted by Crippen LogP contribution is -2.47. The molecule has 4 rings (SSSR count). The highest BCUT2D eigenvalue weighted by Gasteiger charge is 2.39. The maximum Gasteiger partial charge on any atom is 0.134 e. The number of benzene rings is 2. The zero-order valence-corrected chi connectivity index (χ0v) is 19.2. The Morgan fingerprint density at radius 3 is 2.13 bits per heavy atom. The van der Waals surface area contributed by atoms with Crippen molar-refractivity contribution >= 4 is 11.4 Å². The van der Waals surface area contributed by atoms with Crippen LogP contribution in [0.25, 0.3) is 0 Å². The number of hydrogen-bond acceptors (Lipinski definition) is 5. The van der Waals surface area contributed by atoms with Gasteiger partial charge in [-0.15, -0.1) is 0 Å². The summed E-state index contributed by atoms with van der Waals surface area (Å²) in [6.07, 6.45) is 0.905. The van der Waals surface area contributed by atoms with Gasteiger partial charge in [0.15, 0.2) is 0 Å². The molecule has 1 fully saturated rings. The van der Waals surface area contributed by atoms with Gasteiger partial charge in [-0.25, -0.2) is 0 Å². The van der Waals surface area contributed by atoms with Crippen LogP contribution in [0.15, 0.2) is 24.3 Å². The normalized spacial score (nSPS) is 20.9. The molecule has 0 saturated carbocycles. The fraction of sp³-hybridized carbons (Fsp3) is 0.520. The van der Waals surface area contributed by atoms with Gasteiger partial charge in [0.2, 0.25) is 0 Å². The molecule has 0 radical (unpaired) electrons. The fourth-order valence-corrected chi connectivity index (χ4v) is 5.02. The molecular formula is C25H34N2O3. The zero-order valence-electron chi connectivity index (χ0n) is 19.2. The minimum Gasteiger partial charge on any atom is -0.497 e. The molecule has 0 spiro atoms. The molecule has 0 amide bonds. The lowest BCUT2D eigenvalue weighted by Gasteiger charge is -2.39. The van der Waals surface area contributed by atoms with Gasteiger partial charge in [0, 0.05) is 56.6 Å². The lowest BCUT2D eigenvalue weighted by molar-refractivity contribution is 0.0201. The number of piperazine rings is 1. The first-order valence-corrected chi connectivity index (χ1v) is 10.8. The van der Waals surface area contributed by atoms with Crippen LogP contribution in [-0.4, -0.2) is 52.6 Å². The van der Waals surface area contributed by atoms with Crippen LogP contribution in [0.5, 0.6) is 11.5 Å². The van der Waals surface area contributed by atoms with E-state index in [0.717, 1.165) is 44.1 Å².